The van der Waals surface area contributed by atoms with Crippen LogP contribution in [0.25, 0.3) is 6.08 Å². The van der Waals surface area contributed by atoms with E-state index in [2.05, 4.69) is 27.9 Å². The number of benzene rings is 3. The SMILES string of the molecule is COc1cc(/C=C2\C(=O)NC(=O)N(c3cccc(C)c3)C2=O)cc(I)c1OCc1ccc(F)cc1. The number of carbonyl (C=O) groups excluding carboxylic acids is 3. The van der Waals surface area contributed by atoms with Crippen LogP contribution in [0.15, 0.2) is 66.2 Å². The predicted molar refractivity (Wildman–Crippen MR) is 137 cm³/mol. The van der Waals surface area contributed by atoms with E-state index >= 15 is 0 Å². The van der Waals surface area contributed by atoms with E-state index in [1.165, 1.54) is 25.3 Å². The van der Waals surface area contributed by atoms with Gasteiger partial charge in [0.15, 0.2) is 11.5 Å². The molecule has 1 heterocycles. The van der Waals surface area contributed by atoms with Crippen LogP contribution >= 0.6 is 22.6 Å². The van der Waals surface area contributed by atoms with Gasteiger partial charge in [-0.15, -0.1) is 0 Å². The van der Waals surface area contributed by atoms with Crippen molar-refractivity contribution in [2.75, 3.05) is 12.0 Å². The first-order chi connectivity index (χ1) is 16.8. The van der Waals surface area contributed by atoms with E-state index in [1.54, 1.807) is 42.5 Å². The Balaban J connectivity index is 1.64. The van der Waals surface area contributed by atoms with Crippen LogP contribution in [0.4, 0.5) is 14.9 Å². The second-order valence-electron chi connectivity index (χ2n) is 7.75. The third-order valence-corrected chi connectivity index (χ3v) is 6.02. The zero-order valence-corrected chi connectivity index (χ0v) is 21.0. The van der Waals surface area contributed by atoms with Gasteiger partial charge in [-0.2, -0.15) is 0 Å². The first-order valence-corrected chi connectivity index (χ1v) is 11.6. The molecule has 1 N–H and O–H groups in total. The van der Waals surface area contributed by atoms with E-state index in [-0.39, 0.29) is 18.0 Å². The van der Waals surface area contributed by atoms with Crippen molar-refractivity contribution in [3.05, 3.63) is 92.3 Å². The fourth-order valence-corrected chi connectivity index (χ4v) is 4.31. The molecule has 0 radical (unpaired) electrons. The monoisotopic (exact) mass is 586 g/mol. The summed E-state index contributed by atoms with van der Waals surface area (Å²) in [5, 5.41) is 2.22. The first kappa shape index (κ1) is 24.4. The summed E-state index contributed by atoms with van der Waals surface area (Å²) in [5.74, 6) is -0.983. The number of nitrogens with one attached hydrogen (secondary N) is 1. The molecule has 0 spiro atoms. The van der Waals surface area contributed by atoms with Crippen molar-refractivity contribution in [3.8, 4) is 11.5 Å². The molecule has 0 aliphatic carbocycles. The van der Waals surface area contributed by atoms with E-state index < -0.39 is 17.8 Å². The molecule has 3 aromatic rings. The molecule has 178 valence electrons. The molecule has 1 aliphatic rings. The Morgan fingerprint density at radius 1 is 1.06 bits per heavy atom. The number of methoxy groups -OCH3 is 1. The lowest BCUT2D eigenvalue weighted by molar-refractivity contribution is -0.122. The zero-order chi connectivity index (χ0) is 25.1. The number of rotatable bonds is 6. The van der Waals surface area contributed by atoms with Gasteiger partial charge < -0.3 is 9.47 Å². The van der Waals surface area contributed by atoms with E-state index in [9.17, 15) is 18.8 Å². The third-order valence-electron chi connectivity index (χ3n) is 5.22. The standard InChI is InChI=1S/C26H20FIN2O5/c1-15-4-3-5-19(10-15)30-25(32)20(24(31)29-26(30)33)11-17-12-21(28)23(22(13-17)34-2)35-14-16-6-8-18(27)9-7-16/h3-13H,14H2,1-2H3,(H,29,31,33)/b20-11+. The molecule has 4 amide bonds. The van der Waals surface area contributed by atoms with Crippen molar-refractivity contribution in [2.45, 2.75) is 13.5 Å². The molecule has 7 nitrogen and oxygen atoms in total. The minimum Gasteiger partial charge on any atom is -0.493 e. The Labute approximate surface area is 214 Å². The number of hydrogen-bond acceptors (Lipinski definition) is 5. The molecule has 9 heteroatoms. The van der Waals surface area contributed by atoms with Crippen LogP contribution in [0.1, 0.15) is 16.7 Å². The van der Waals surface area contributed by atoms with Gasteiger partial charge in [-0.1, -0.05) is 24.3 Å². The van der Waals surface area contributed by atoms with Gasteiger partial charge in [-0.25, -0.2) is 14.1 Å². The number of ether oxygens (including phenoxy) is 2. The van der Waals surface area contributed by atoms with Crippen LogP contribution in [0, 0.1) is 16.3 Å². The number of hydrogen-bond donors (Lipinski definition) is 1. The number of nitrogens with zero attached hydrogens (tertiary/aromatic N) is 1. The highest BCUT2D eigenvalue weighted by Crippen LogP contribution is 2.35. The van der Waals surface area contributed by atoms with E-state index in [1.807, 2.05) is 13.0 Å². The first-order valence-electron chi connectivity index (χ1n) is 10.5. The van der Waals surface area contributed by atoms with Crippen LogP contribution in [0.2, 0.25) is 0 Å². The van der Waals surface area contributed by atoms with Gasteiger partial charge in [0.05, 0.1) is 16.4 Å². The minimum absolute atomic E-state index is 0.191. The van der Waals surface area contributed by atoms with Crippen LogP contribution in [0.3, 0.4) is 0 Å². The molecule has 0 saturated carbocycles. The number of halogens is 2. The lowest BCUT2D eigenvalue weighted by atomic mass is 10.1. The molecule has 35 heavy (non-hydrogen) atoms. The van der Waals surface area contributed by atoms with Crippen molar-refractivity contribution in [2.24, 2.45) is 0 Å². The average molecular weight is 586 g/mol. The molecule has 1 fully saturated rings. The van der Waals surface area contributed by atoms with E-state index in [0.717, 1.165) is 16.0 Å². The number of anilines is 1. The van der Waals surface area contributed by atoms with Crippen LogP contribution < -0.4 is 19.7 Å². The summed E-state index contributed by atoms with van der Waals surface area (Å²) in [6.45, 7) is 2.03. The molecule has 0 atom stereocenters. The second kappa shape index (κ2) is 10.3. The van der Waals surface area contributed by atoms with Gasteiger partial charge in [-0.3, -0.25) is 14.9 Å². The summed E-state index contributed by atoms with van der Waals surface area (Å²) in [6.07, 6.45) is 1.40. The maximum Gasteiger partial charge on any atom is 0.335 e. The van der Waals surface area contributed by atoms with Gasteiger partial charge in [0.1, 0.15) is 18.0 Å². The largest absolute Gasteiger partial charge is 0.493 e. The highest BCUT2D eigenvalue weighted by atomic mass is 127. The van der Waals surface area contributed by atoms with E-state index in [0.29, 0.717) is 26.3 Å². The number of barbiturate groups is 1. The Hall–Kier alpha value is -3.73. The molecule has 3 aromatic carbocycles. The molecule has 1 saturated heterocycles. The Morgan fingerprint density at radius 3 is 2.49 bits per heavy atom. The maximum absolute atomic E-state index is 13.1. The number of amides is 4. The third kappa shape index (κ3) is 5.35. The van der Waals surface area contributed by atoms with Crippen molar-refractivity contribution in [3.63, 3.8) is 0 Å². The zero-order valence-electron chi connectivity index (χ0n) is 18.8. The molecule has 0 bridgehead atoms. The number of aryl methyl sites for hydroxylation is 1. The lowest BCUT2D eigenvalue weighted by Gasteiger charge is -2.26. The van der Waals surface area contributed by atoms with Crippen LogP contribution in [-0.2, 0) is 16.2 Å². The number of urea groups is 1. The van der Waals surface area contributed by atoms with Crippen molar-refractivity contribution in [1.29, 1.82) is 0 Å². The number of imide groups is 2. The van der Waals surface area contributed by atoms with Crippen LogP contribution in [-0.4, -0.2) is 25.0 Å². The predicted octanol–water partition coefficient (Wildman–Crippen LogP) is 4.99. The Morgan fingerprint density at radius 2 is 1.80 bits per heavy atom. The van der Waals surface area contributed by atoms with Gasteiger partial charge >= 0.3 is 6.03 Å². The van der Waals surface area contributed by atoms with Gasteiger partial charge in [-0.05, 0) is 88.7 Å². The minimum atomic E-state index is -0.806. The molecule has 0 unspecified atom stereocenters. The summed E-state index contributed by atoms with van der Waals surface area (Å²) in [7, 11) is 1.48. The highest BCUT2D eigenvalue weighted by molar-refractivity contribution is 14.1. The van der Waals surface area contributed by atoms with Gasteiger partial charge in [0, 0.05) is 0 Å². The van der Waals surface area contributed by atoms with Gasteiger partial charge in [0.2, 0.25) is 0 Å². The average Bonchev–Trinajstić information content (AvgIpc) is 2.82. The summed E-state index contributed by atoms with van der Waals surface area (Å²) in [4.78, 5) is 39.0. The normalized spacial score (nSPS) is 14.8. The summed E-state index contributed by atoms with van der Waals surface area (Å²) in [6, 6.07) is 15.4. The van der Waals surface area contributed by atoms with Crippen molar-refractivity contribution >= 4 is 52.2 Å². The quantitative estimate of drug-likeness (QED) is 0.250. The maximum atomic E-state index is 13.1. The molecular formula is C26H20FIN2O5. The fraction of sp³-hybridized carbons (Fsp3) is 0.115. The fourth-order valence-electron chi connectivity index (χ4n) is 3.52. The molecule has 1 aliphatic heterocycles. The Bertz CT molecular complexity index is 1350. The van der Waals surface area contributed by atoms with Crippen molar-refractivity contribution in [1.82, 2.24) is 5.32 Å². The topological polar surface area (TPSA) is 84.9 Å². The Kier molecular flexibility index (Phi) is 7.15. The smallest absolute Gasteiger partial charge is 0.335 e. The summed E-state index contributed by atoms with van der Waals surface area (Å²) < 4.78 is 25.2. The number of carbonyl (C=O) groups is 3. The molecule has 4 rings (SSSR count). The molecule has 0 aromatic heterocycles. The lowest BCUT2D eigenvalue weighted by Crippen LogP contribution is -2.54. The van der Waals surface area contributed by atoms with E-state index in [4.69, 9.17) is 9.47 Å². The second-order valence-corrected chi connectivity index (χ2v) is 8.91. The summed E-state index contributed by atoms with van der Waals surface area (Å²) in [5.41, 5.74) is 2.32. The van der Waals surface area contributed by atoms with Crippen LogP contribution in [0.5, 0.6) is 11.5 Å². The molecular weight excluding hydrogens is 566 g/mol. The summed E-state index contributed by atoms with van der Waals surface area (Å²) >= 11 is 2.06. The van der Waals surface area contributed by atoms with Crippen molar-refractivity contribution < 1.29 is 28.2 Å². The van der Waals surface area contributed by atoms with Gasteiger partial charge in [0.25, 0.3) is 11.8 Å². The highest BCUT2D eigenvalue weighted by Gasteiger charge is 2.36.